The standard InChI is InChI=1S/C12H18N2O2/c1-2-6-16-9-12(15)14-8-10-4-3-5-11(13)7-10/h3-5,7H,2,6,8-9,13H2,1H3,(H,14,15). The van der Waals surface area contributed by atoms with E-state index in [2.05, 4.69) is 5.32 Å². The highest BCUT2D eigenvalue weighted by atomic mass is 16.5. The molecule has 0 saturated carbocycles. The zero-order chi connectivity index (χ0) is 11.8. The molecule has 0 aliphatic rings. The van der Waals surface area contributed by atoms with Crippen molar-refractivity contribution in [1.82, 2.24) is 5.32 Å². The Balaban J connectivity index is 2.26. The van der Waals surface area contributed by atoms with E-state index < -0.39 is 0 Å². The fraction of sp³-hybridized carbons (Fsp3) is 0.417. The molecule has 0 radical (unpaired) electrons. The monoisotopic (exact) mass is 222 g/mol. The molecule has 0 aliphatic heterocycles. The Kier molecular flexibility index (Phi) is 5.36. The Hall–Kier alpha value is -1.55. The zero-order valence-electron chi connectivity index (χ0n) is 9.53. The maximum absolute atomic E-state index is 11.3. The number of nitrogens with one attached hydrogen (secondary N) is 1. The molecular formula is C12H18N2O2. The van der Waals surface area contributed by atoms with Crippen LogP contribution in [0.5, 0.6) is 0 Å². The molecule has 0 aromatic heterocycles. The van der Waals surface area contributed by atoms with Gasteiger partial charge in [-0.3, -0.25) is 4.79 Å². The summed E-state index contributed by atoms with van der Waals surface area (Å²) >= 11 is 0. The van der Waals surface area contributed by atoms with Crippen LogP contribution in [0, 0.1) is 0 Å². The van der Waals surface area contributed by atoms with Gasteiger partial charge < -0.3 is 15.8 Å². The lowest BCUT2D eigenvalue weighted by Crippen LogP contribution is -2.27. The SMILES string of the molecule is CCCOCC(=O)NCc1cccc(N)c1. The van der Waals surface area contributed by atoms with Crippen molar-refractivity contribution < 1.29 is 9.53 Å². The lowest BCUT2D eigenvalue weighted by molar-refractivity contribution is -0.125. The Morgan fingerprint density at radius 2 is 2.31 bits per heavy atom. The van der Waals surface area contributed by atoms with Gasteiger partial charge in [0, 0.05) is 18.8 Å². The van der Waals surface area contributed by atoms with Gasteiger partial charge in [0.1, 0.15) is 6.61 Å². The molecule has 1 aromatic rings. The Morgan fingerprint density at radius 1 is 1.50 bits per heavy atom. The van der Waals surface area contributed by atoms with Crippen LogP contribution in [0.3, 0.4) is 0 Å². The number of anilines is 1. The van der Waals surface area contributed by atoms with Crippen molar-refractivity contribution in [3.05, 3.63) is 29.8 Å². The van der Waals surface area contributed by atoms with E-state index >= 15 is 0 Å². The van der Waals surface area contributed by atoms with Gasteiger partial charge in [0.05, 0.1) is 0 Å². The molecule has 0 atom stereocenters. The van der Waals surface area contributed by atoms with Crippen molar-refractivity contribution in [3.8, 4) is 0 Å². The van der Waals surface area contributed by atoms with E-state index in [-0.39, 0.29) is 12.5 Å². The molecule has 4 heteroatoms. The van der Waals surface area contributed by atoms with Crippen molar-refractivity contribution in [2.24, 2.45) is 0 Å². The third-order valence-corrected chi connectivity index (χ3v) is 2.02. The molecule has 4 nitrogen and oxygen atoms in total. The third kappa shape index (κ3) is 4.79. The second kappa shape index (κ2) is 6.85. The highest BCUT2D eigenvalue weighted by molar-refractivity contribution is 5.77. The van der Waals surface area contributed by atoms with E-state index in [9.17, 15) is 4.79 Å². The lowest BCUT2D eigenvalue weighted by atomic mass is 10.2. The number of rotatable bonds is 6. The summed E-state index contributed by atoms with van der Waals surface area (Å²) in [6.45, 7) is 3.23. The van der Waals surface area contributed by atoms with Gasteiger partial charge in [0.15, 0.2) is 0 Å². The van der Waals surface area contributed by atoms with E-state index in [4.69, 9.17) is 10.5 Å². The Bertz CT molecular complexity index is 340. The number of ether oxygens (including phenoxy) is 1. The van der Waals surface area contributed by atoms with E-state index in [0.29, 0.717) is 18.8 Å². The lowest BCUT2D eigenvalue weighted by Gasteiger charge is -2.06. The maximum atomic E-state index is 11.3. The number of hydrogen-bond acceptors (Lipinski definition) is 3. The quantitative estimate of drug-likeness (QED) is 0.563. The average molecular weight is 222 g/mol. The molecule has 88 valence electrons. The van der Waals surface area contributed by atoms with Gasteiger partial charge in [-0.2, -0.15) is 0 Å². The fourth-order valence-electron chi connectivity index (χ4n) is 1.26. The predicted octanol–water partition coefficient (Wildman–Crippen LogP) is 1.31. The van der Waals surface area contributed by atoms with Gasteiger partial charge in [0.2, 0.25) is 5.91 Å². The first-order valence-electron chi connectivity index (χ1n) is 5.41. The van der Waals surface area contributed by atoms with E-state index in [1.165, 1.54) is 0 Å². The van der Waals surface area contributed by atoms with Crippen molar-refractivity contribution >= 4 is 11.6 Å². The summed E-state index contributed by atoms with van der Waals surface area (Å²) in [7, 11) is 0. The molecule has 1 amide bonds. The molecule has 0 fully saturated rings. The fourth-order valence-corrected chi connectivity index (χ4v) is 1.26. The van der Waals surface area contributed by atoms with Crippen molar-refractivity contribution in [2.45, 2.75) is 19.9 Å². The molecule has 1 rings (SSSR count). The minimum Gasteiger partial charge on any atom is -0.399 e. The first kappa shape index (κ1) is 12.5. The number of amides is 1. The summed E-state index contributed by atoms with van der Waals surface area (Å²) in [6, 6.07) is 7.44. The largest absolute Gasteiger partial charge is 0.399 e. The molecule has 0 unspecified atom stereocenters. The minimum absolute atomic E-state index is 0.101. The van der Waals surface area contributed by atoms with E-state index in [1.807, 2.05) is 31.2 Å². The van der Waals surface area contributed by atoms with E-state index in [0.717, 1.165) is 12.0 Å². The predicted molar refractivity (Wildman–Crippen MR) is 63.8 cm³/mol. The highest BCUT2D eigenvalue weighted by Crippen LogP contribution is 2.05. The van der Waals surface area contributed by atoms with Gasteiger partial charge in [-0.05, 0) is 24.1 Å². The van der Waals surface area contributed by atoms with E-state index in [1.54, 1.807) is 0 Å². The molecule has 0 saturated heterocycles. The number of nitrogen functional groups attached to an aromatic ring is 1. The second-order valence-electron chi connectivity index (χ2n) is 3.57. The summed E-state index contributed by atoms with van der Waals surface area (Å²) in [5.74, 6) is -0.101. The maximum Gasteiger partial charge on any atom is 0.246 e. The summed E-state index contributed by atoms with van der Waals surface area (Å²) in [6.07, 6.45) is 0.919. The Labute approximate surface area is 95.8 Å². The topological polar surface area (TPSA) is 64.3 Å². The normalized spacial score (nSPS) is 10.1. The van der Waals surface area contributed by atoms with Crippen molar-refractivity contribution in [1.29, 1.82) is 0 Å². The first-order valence-corrected chi connectivity index (χ1v) is 5.41. The second-order valence-corrected chi connectivity index (χ2v) is 3.57. The summed E-state index contributed by atoms with van der Waals surface area (Å²) in [5.41, 5.74) is 7.32. The highest BCUT2D eigenvalue weighted by Gasteiger charge is 2.00. The van der Waals surface area contributed by atoms with Crippen LogP contribution in [-0.2, 0) is 16.1 Å². The summed E-state index contributed by atoms with van der Waals surface area (Å²) in [4.78, 5) is 11.3. The van der Waals surface area contributed by atoms with Crippen LogP contribution in [0.4, 0.5) is 5.69 Å². The van der Waals surface area contributed by atoms with Crippen LogP contribution < -0.4 is 11.1 Å². The molecule has 16 heavy (non-hydrogen) atoms. The molecule has 3 N–H and O–H groups in total. The van der Waals surface area contributed by atoms with Crippen LogP contribution in [0.1, 0.15) is 18.9 Å². The zero-order valence-corrected chi connectivity index (χ0v) is 9.53. The van der Waals surface area contributed by atoms with Crippen LogP contribution in [0.2, 0.25) is 0 Å². The molecular weight excluding hydrogens is 204 g/mol. The van der Waals surface area contributed by atoms with Crippen LogP contribution >= 0.6 is 0 Å². The van der Waals surface area contributed by atoms with Gasteiger partial charge in [-0.1, -0.05) is 19.1 Å². The Morgan fingerprint density at radius 3 is 3.00 bits per heavy atom. The number of hydrogen-bond donors (Lipinski definition) is 2. The van der Waals surface area contributed by atoms with Gasteiger partial charge in [0.25, 0.3) is 0 Å². The van der Waals surface area contributed by atoms with Gasteiger partial charge in [-0.25, -0.2) is 0 Å². The van der Waals surface area contributed by atoms with Crippen LogP contribution in [-0.4, -0.2) is 19.1 Å². The smallest absolute Gasteiger partial charge is 0.246 e. The number of carbonyl (C=O) groups excluding carboxylic acids is 1. The summed E-state index contributed by atoms with van der Waals surface area (Å²) in [5, 5.41) is 2.77. The molecule has 0 aliphatic carbocycles. The number of nitrogens with two attached hydrogens (primary N) is 1. The molecule has 0 bridgehead atoms. The summed E-state index contributed by atoms with van der Waals surface area (Å²) < 4.78 is 5.12. The van der Waals surface area contributed by atoms with Gasteiger partial charge >= 0.3 is 0 Å². The third-order valence-electron chi connectivity index (χ3n) is 2.02. The minimum atomic E-state index is -0.101. The number of carbonyl (C=O) groups is 1. The van der Waals surface area contributed by atoms with Crippen molar-refractivity contribution in [2.75, 3.05) is 18.9 Å². The van der Waals surface area contributed by atoms with Crippen LogP contribution in [0.25, 0.3) is 0 Å². The number of benzene rings is 1. The molecule has 0 heterocycles. The first-order chi connectivity index (χ1) is 7.72. The van der Waals surface area contributed by atoms with Crippen molar-refractivity contribution in [3.63, 3.8) is 0 Å². The molecule has 1 aromatic carbocycles. The average Bonchev–Trinajstić information content (AvgIpc) is 2.27. The molecule has 0 spiro atoms. The van der Waals surface area contributed by atoms with Crippen LogP contribution in [0.15, 0.2) is 24.3 Å². The van der Waals surface area contributed by atoms with Gasteiger partial charge in [-0.15, -0.1) is 0 Å².